The van der Waals surface area contributed by atoms with E-state index in [0.29, 0.717) is 12.8 Å². The van der Waals surface area contributed by atoms with Gasteiger partial charge in [0.2, 0.25) is 0 Å². The van der Waals surface area contributed by atoms with Crippen LogP contribution >= 0.6 is 0 Å². The average molecular weight is 416 g/mol. The fourth-order valence-corrected chi connectivity index (χ4v) is 2.28. The van der Waals surface area contributed by atoms with Crippen molar-refractivity contribution in [3.8, 4) is 0 Å². The van der Waals surface area contributed by atoms with E-state index < -0.39 is 24.0 Å². The van der Waals surface area contributed by atoms with Crippen LogP contribution < -0.4 is 69.3 Å². The number of carboxylic acid groups (broad SMARTS) is 2. The molecule has 0 saturated carbocycles. The summed E-state index contributed by atoms with van der Waals surface area (Å²) in [7, 11) is 0. The van der Waals surface area contributed by atoms with Gasteiger partial charge in [0.15, 0.2) is 0 Å². The zero-order chi connectivity index (χ0) is 19.9. The van der Waals surface area contributed by atoms with Gasteiger partial charge in [-0.15, -0.1) is 0 Å². The van der Waals surface area contributed by atoms with Gasteiger partial charge in [0.25, 0.3) is 0 Å². The van der Waals surface area contributed by atoms with Crippen LogP contribution in [0.1, 0.15) is 78.1 Å². The third kappa shape index (κ3) is 19.2. The molecule has 0 unspecified atom stereocenters. The second kappa shape index (κ2) is 20.2. The third-order valence-corrected chi connectivity index (χ3v) is 3.92. The SMILES string of the molecule is C[C@H](N=C([O-])CCCCCCCCCCC([O-])=N[C@@H](C)C(=O)O)C(=O)O.[Na+].[Na+]. The van der Waals surface area contributed by atoms with Crippen LogP contribution in [0.2, 0.25) is 0 Å². The molecule has 0 bridgehead atoms. The van der Waals surface area contributed by atoms with Gasteiger partial charge in [0.05, 0.1) is 0 Å². The Morgan fingerprint density at radius 1 is 0.679 bits per heavy atom. The van der Waals surface area contributed by atoms with Gasteiger partial charge >= 0.3 is 71.1 Å². The topological polar surface area (TPSA) is 145 Å². The van der Waals surface area contributed by atoms with Crippen molar-refractivity contribution in [2.45, 2.75) is 90.1 Å². The van der Waals surface area contributed by atoms with Crippen LogP contribution in [0.5, 0.6) is 0 Å². The van der Waals surface area contributed by atoms with Gasteiger partial charge in [-0.2, -0.15) is 0 Å². The van der Waals surface area contributed by atoms with Gasteiger partial charge in [0.1, 0.15) is 12.1 Å². The Morgan fingerprint density at radius 2 is 0.929 bits per heavy atom. The minimum absolute atomic E-state index is 0. The van der Waals surface area contributed by atoms with E-state index in [0.717, 1.165) is 38.5 Å². The van der Waals surface area contributed by atoms with Gasteiger partial charge in [-0.3, -0.25) is 9.98 Å². The Kier molecular flexibility index (Phi) is 23.4. The second-order valence-corrected chi connectivity index (χ2v) is 6.40. The van der Waals surface area contributed by atoms with E-state index in [4.69, 9.17) is 10.2 Å². The number of nitrogens with zero attached hydrogens (tertiary/aromatic N) is 2. The Hall–Kier alpha value is -0.120. The molecule has 10 heteroatoms. The fourth-order valence-electron chi connectivity index (χ4n) is 2.28. The molecule has 28 heavy (non-hydrogen) atoms. The van der Waals surface area contributed by atoms with Crippen molar-refractivity contribution in [1.82, 2.24) is 0 Å². The van der Waals surface area contributed by atoms with Gasteiger partial charge in [0, 0.05) is 0 Å². The van der Waals surface area contributed by atoms with E-state index in [1.165, 1.54) is 13.8 Å². The zero-order valence-electron chi connectivity index (χ0n) is 17.6. The molecule has 0 aromatic heterocycles. The maximum absolute atomic E-state index is 11.4. The molecule has 0 spiro atoms. The zero-order valence-corrected chi connectivity index (χ0v) is 21.6. The summed E-state index contributed by atoms with van der Waals surface area (Å²) in [4.78, 5) is 28.3. The Balaban J connectivity index is -0.00000312. The van der Waals surface area contributed by atoms with E-state index in [1.807, 2.05) is 0 Å². The molecule has 0 aliphatic rings. The number of aliphatic imine (C=N–C) groups is 2. The van der Waals surface area contributed by atoms with Gasteiger partial charge in [-0.25, -0.2) is 9.59 Å². The third-order valence-electron chi connectivity index (χ3n) is 3.92. The smallest absolute Gasteiger partial charge is 0.862 e. The number of rotatable bonds is 15. The van der Waals surface area contributed by atoms with Crippen LogP contribution in [0.3, 0.4) is 0 Å². The monoisotopic (exact) mass is 416 g/mol. The van der Waals surface area contributed by atoms with Crippen LogP contribution in [0, 0.1) is 0 Å². The van der Waals surface area contributed by atoms with E-state index in [9.17, 15) is 19.8 Å². The van der Waals surface area contributed by atoms with E-state index >= 15 is 0 Å². The van der Waals surface area contributed by atoms with Crippen molar-refractivity contribution >= 4 is 23.7 Å². The summed E-state index contributed by atoms with van der Waals surface area (Å²) in [5.74, 6) is -2.89. The van der Waals surface area contributed by atoms with Crippen LogP contribution in [0.25, 0.3) is 0 Å². The molecule has 0 rings (SSSR count). The fraction of sp³-hybridized carbons (Fsp3) is 0.778. The van der Waals surface area contributed by atoms with Gasteiger partial charge in [-0.05, 0) is 51.3 Å². The Labute approximate surface area is 211 Å². The molecule has 0 aromatic rings. The first-order chi connectivity index (χ1) is 12.2. The standard InChI is InChI=1S/C18H32N2O6.2Na/c1-13(17(23)24)19-15(21)11-9-7-5-3-4-6-8-10-12-16(22)20-14(2)18(25)26;;/h13-14H,3-12H2,1-2H3,(H,19,21)(H,20,22)(H,23,24)(H,25,26);;/q;2*+1/p-2/t13-,14-;;/m0../s1. The summed E-state index contributed by atoms with van der Waals surface area (Å²) in [6.45, 7) is 2.77. The minimum Gasteiger partial charge on any atom is -0.862 e. The number of unbranched alkanes of at least 4 members (excludes halogenated alkanes) is 7. The molecule has 0 aromatic carbocycles. The van der Waals surface area contributed by atoms with E-state index in [-0.39, 0.29) is 83.8 Å². The van der Waals surface area contributed by atoms with Crippen molar-refractivity contribution in [3.05, 3.63) is 0 Å². The van der Waals surface area contributed by atoms with Crippen molar-refractivity contribution < 1.29 is 89.1 Å². The molecular weight excluding hydrogens is 386 g/mol. The quantitative estimate of drug-likeness (QED) is 0.119. The predicted molar refractivity (Wildman–Crippen MR) is 95.2 cm³/mol. The van der Waals surface area contributed by atoms with E-state index in [2.05, 4.69) is 9.98 Å². The number of carboxylic acids is 2. The van der Waals surface area contributed by atoms with Crippen molar-refractivity contribution in [2.24, 2.45) is 9.98 Å². The summed E-state index contributed by atoms with van der Waals surface area (Å²) >= 11 is 0. The molecule has 8 nitrogen and oxygen atoms in total. The van der Waals surface area contributed by atoms with Gasteiger partial charge < -0.3 is 20.4 Å². The Morgan fingerprint density at radius 3 is 1.18 bits per heavy atom. The number of carbonyl (C=O) groups is 2. The summed E-state index contributed by atoms with van der Waals surface area (Å²) in [5.41, 5.74) is 0. The molecule has 2 atom stereocenters. The van der Waals surface area contributed by atoms with Crippen molar-refractivity contribution in [2.75, 3.05) is 0 Å². The molecule has 0 aliphatic carbocycles. The first-order valence-electron chi connectivity index (χ1n) is 9.17. The number of aliphatic carboxylic acids is 2. The number of hydrogen-bond donors (Lipinski definition) is 2. The minimum atomic E-state index is -1.09. The maximum atomic E-state index is 11.4. The molecule has 2 N–H and O–H groups in total. The molecule has 150 valence electrons. The van der Waals surface area contributed by atoms with Crippen molar-refractivity contribution in [3.63, 3.8) is 0 Å². The summed E-state index contributed by atoms with van der Waals surface area (Å²) in [5, 5.41) is 40.2. The average Bonchev–Trinajstić information content (AvgIpc) is 2.56. The second-order valence-electron chi connectivity index (χ2n) is 6.40. The molecule has 0 heterocycles. The predicted octanol–water partition coefficient (Wildman–Crippen LogP) is -4.64. The van der Waals surface area contributed by atoms with Crippen LogP contribution in [0.15, 0.2) is 9.98 Å². The van der Waals surface area contributed by atoms with Crippen molar-refractivity contribution in [1.29, 1.82) is 0 Å². The normalized spacial score (nSPS) is 13.8. The molecule has 0 radical (unpaired) electrons. The summed E-state index contributed by atoms with van der Waals surface area (Å²) < 4.78 is 0. The molecule has 0 saturated heterocycles. The summed E-state index contributed by atoms with van der Waals surface area (Å²) in [6.07, 6.45) is 7.93. The van der Waals surface area contributed by atoms with Crippen LogP contribution in [0.4, 0.5) is 0 Å². The first kappa shape index (κ1) is 32.5. The van der Waals surface area contributed by atoms with Crippen LogP contribution in [-0.2, 0) is 9.59 Å². The molecule has 0 amide bonds. The molecule has 0 fully saturated rings. The van der Waals surface area contributed by atoms with Crippen LogP contribution in [-0.4, -0.2) is 46.0 Å². The largest absolute Gasteiger partial charge is 1.00 e. The number of hydrogen-bond acceptors (Lipinski definition) is 6. The van der Waals surface area contributed by atoms with Gasteiger partial charge in [-0.1, -0.05) is 38.5 Å². The summed E-state index contributed by atoms with van der Waals surface area (Å²) in [6, 6.07) is -1.95. The van der Waals surface area contributed by atoms with E-state index in [1.54, 1.807) is 0 Å². The Bertz CT molecular complexity index is 456. The first-order valence-corrected chi connectivity index (χ1v) is 9.17. The maximum Gasteiger partial charge on any atom is 1.00 e. The molecule has 0 aliphatic heterocycles. The molecular formula is C18H30N2Na2O6.